The standard InChI is InChI=1S/C21H22N4O3/c1-13-10-22-11-18(24-13)20(28)23-12-21(6-5-14-7-16(14)9-21)25-19(27)15-3-2-4-17(26)8-15/h2-5,8,10-11,16,26H,6-7,9,12H2,1H3,(H,23,28)(H,25,27). The molecule has 0 bridgehead atoms. The topological polar surface area (TPSA) is 104 Å². The predicted octanol–water partition coefficient (Wildman–Crippen LogP) is 2.13. The van der Waals surface area contributed by atoms with Gasteiger partial charge >= 0.3 is 0 Å². The number of hydrogen-bond acceptors (Lipinski definition) is 5. The Kier molecular flexibility index (Phi) is 4.58. The molecule has 1 aromatic heterocycles. The first-order valence-corrected chi connectivity index (χ1v) is 9.31. The van der Waals surface area contributed by atoms with Crippen LogP contribution in [0.15, 0.2) is 48.3 Å². The van der Waals surface area contributed by atoms with Crippen molar-refractivity contribution >= 4 is 11.8 Å². The molecular formula is C21H22N4O3. The third-order valence-electron chi connectivity index (χ3n) is 5.30. The quantitative estimate of drug-likeness (QED) is 0.692. The number of aryl methyl sites for hydroxylation is 1. The summed E-state index contributed by atoms with van der Waals surface area (Å²) in [6.45, 7) is 2.08. The van der Waals surface area contributed by atoms with Crippen LogP contribution in [0.25, 0.3) is 0 Å². The van der Waals surface area contributed by atoms with E-state index >= 15 is 0 Å². The highest BCUT2D eigenvalue weighted by atomic mass is 16.3. The third kappa shape index (κ3) is 3.88. The molecule has 3 N–H and O–H groups in total. The Balaban J connectivity index is 1.49. The van der Waals surface area contributed by atoms with Crippen molar-refractivity contribution in [3.05, 3.63) is 65.3 Å². The number of aromatic nitrogens is 2. The molecule has 2 atom stereocenters. The smallest absolute Gasteiger partial charge is 0.271 e. The lowest BCUT2D eigenvalue weighted by Crippen LogP contribution is -2.56. The maximum Gasteiger partial charge on any atom is 0.271 e. The maximum atomic E-state index is 12.8. The fraction of sp³-hybridized carbons (Fsp3) is 0.333. The summed E-state index contributed by atoms with van der Waals surface area (Å²) >= 11 is 0. The first kappa shape index (κ1) is 18.2. The number of allylic oxidation sites excluding steroid dienone is 1. The van der Waals surface area contributed by atoms with Crippen molar-refractivity contribution in [2.24, 2.45) is 5.92 Å². The van der Waals surface area contributed by atoms with Gasteiger partial charge in [-0.3, -0.25) is 14.6 Å². The molecule has 0 saturated heterocycles. The second kappa shape index (κ2) is 7.07. The fourth-order valence-corrected chi connectivity index (χ4v) is 3.72. The third-order valence-corrected chi connectivity index (χ3v) is 5.30. The van der Waals surface area contributed by atoms with E-state index in [9.17, 15) is 14.7 Å². The Labute approximate surface area is 162 Å². The summed E-state index contributed by atoms with van der Waals surface area (Å²) < 4.78 is 0. The van der Waals surface area contributed by atoms with E-state index in [0.29, 0.717) is 30.1 Å². The number of fused-ring (bicyclic) bond motifs is 1. The van der Waals surface area contributed by atoms with E-state index in [1.807, 2.05) is 0 Å². The number of nitrogens with zero attached hydrogens (tertiary/aromatic N) is 2. The number of hydrogen-bond donors (Lipinski definition) is 3. The largest absolute Gasteiger partial charge is 0.508 e. The number of rotatable bonds is 5. The zero-order valence-electron chi connectivity index (χ0n) is 15.6. The second-order valence-corrected chi connectivity index (χ2v) is 7.60. The zero-order valence-corrected chi connectivity index (χ0v) is 15.6. The van der Waals surface area contributed by atoms with Crippen LogP contribution in [0, 0.1) is 12.8 Å². The number of nitrogens with one attached hydrogen (secondary N) is 2. The van der Waals surface area contributed by atoms with Gasteiger partial charge in [0, 0.05) is 18.3 Å². The van der Waals surface area contributed by atoms with Crippen LogP contribution in [0.2, 0.25) is 0 Å². The van der Waals surface area contributed by atoms with E-state index in [2.05, 4.69) is 26.7 Å². The molecule has 0 spiro atoms. The normalized spacial score (nSPS) is 22.6. The van der Waals surface area contributed by atoms with Crippen molar-refractivity contribution in [2.75, 3.05) is 6.54 Å². The minimum Gasteiger partial charge on any atom is -0.508 e. The van der Waals surface area contributed by atoms with Gasteiger partial charge in [-0.05, 0) is 50.3 Å². The fourth-order valence-electron chi connectivity index (χ4n) is 3.72. The van der Waals surface area contributed by atoms with Crippen molar-refractivity contribution < 1.29 is 14.7 Å². The van der Waals surface area contributed by atoms with E-state index in [1.165, 1.54) is 23.9 Å². The molecule has 2 amide bonds. The van der Waals surface area contributed by atoms with E-state index in [-0.39, 0.29) is 23.3 Å². The van der Waals surface area contributed by atoms with E-state index in [4.69, 9.17) is 0 Å². The summed E-state index contributed by atoms with van der Waals surface area (Å²) in [4.78, 5) is 33.5. The first-order chi connectivity index (χ1) is 13.4. The number of carbonyl (C=O) groups excluding carboxylic acids is 2. The lowest BCUT2D eigenvalue weighted by molar-refractivity contribution is 0.0851. The molecular weight excluding hydrogens is 356 g/mol. The molecule has 1 fully saturated rings. The van der Waals surface area contributed by atoms with Gasteiger partial charge in [-0.15, -0.1) is 0 Å². The highest BCUT2D eigenvalue weighted by Gasteiger charge is 2.44. The SMILES string of the molecule is Cc1cncc(C(=O)NCC2(NC(=O)c3cccc(O)c3)CC=C3CC3C2)n1. The first-order valence-electron chi connectivity index (χ1n) is 9.31. The van der Waals surface area contributed by atoms with Gasteiger partial charge in [-0.25, -0.2) is 4.98 Å². The second-order valence-electron chi connectivity index (χ2n) is 7.60. The Morgan fingerprint density at radius 2 is 2.14 bits per heavy atom. The summed E-state index contributed by atoms with van der Waals surface area (Å²) in [5.41, 5.74) is 2.18. The number of carbonyl (C=O) groups is 2. The lowest BCUT2D eigenvalue weighted by Gasteiger charge is -2.36. The van der Waals surface area contributed by atoms with Crippen LogP contribution in [-0.2, 0) is 0 Å². The summed E-state index contributed by atoms with van der Waals surface area (Å²) in [5, 5.41) is 15.7. The Morgan fingerprint density at radius 3 is 2.89 bits per heavy atom. The highest BCUT2D eigenvalue weighted by Crippen LogP contribution is 2.48. The van der Waals surface area contributed by atoms with Crippen molar-refractivity contribution in [3.8, 4) is 5.75 Å². The van der Waals surface area contributed by atoms with Crippen LogP contribution in [0.4, 0.5) is 0 Å². The van der Waals surface area contributed by atoms with Gasteiger partial charge < -0.3 is 15.7 Å². The van der Waals surface area contributed by atoms with Crippen molar-refractivity contribution in [2.45, 2.75) is 31.7 Å². The van der Waals surface area contributed by atoms with Gasteiger partial charge in [0.15, 0.2) is 0 Å². The summed E-state index contributed by atoms with van der Waals surface area (Å²) in [6, 6.07) is 6.25. The van der Waals surface area contributed by atoms with Crippen molar-refractivity contribution in [3.63, 3.8) is 0 Å². The Hall–Kier alpha value is -3.22. The summed E-state index contributed by atoms with van der Waals surface area (Å²) in [5.74, 6) is -0.0688. The minimum atomic E-state index is -0.569. The van der Waals surface area contributed by atoms with Gasteiger partial charge in [-0.1, -0.05) is 17.7 Å². The molecule has 2 aromatic rings. The van der Waals surface area contributed by atoms with E-state index in [1.54, 1.807) is 25.3 Å². The highest BCUT2D eigenvalue weighted by molar-refractivity contribution is 5.95. The molecule has 1 saturated carbocycles. The molecule has 1 heterocycles. The zero-order chi connectivity index (χ0) is 19.7. The average molecular weight is 378 g/mol. The van der Waals surface area contributed by atoms with Crippen LogP contribution in [-0.4, -0.2) is 39.0 Å². The van der Waals surface area contributed by atoms with E-state index < -0.39 is 5.54 Å². The predicted molar refractivity (Wildman–Crippen MR) is 103 cm³/mol. The molecule has 28 heavy (non-hydrogen) atoms. The van der Waals surface area contributed by atoms with Crippen LogP contribution in [0.5, 0.6) is 5.75 Å². The number of aromatic hydroxyl groups is 1. The lowest BCUT2D eigenvalue weighted by atomic mass is 9.84. The molecule has 7 nitrogen and oxygen atoms in total. The van der Waals surface area contributed by atoms with Gasteiger partial charge in [0.05, 0.1) is 17.4 Å². The van der Waals surface area contributed by atoms with Gasteiger partial charge in [-0.2, -0.15) is 0 Å². The van der Waals surface area contributed by atoms with Crippen LogP contribution < -0.4 is 10.6 Å². The Morgan fingerprint density at radius 1 is 1.29 bits per heavy atom. The molecule has 0 radical (unpaired) electrons. The number of benzene rings is 1. The van der Waals surface area contributed by atoms with Crippen LogP contribution in [0.3, 0.4) is 0 Å². The number of amides is 2. The molecule has 0 aliphatic heterocycles. The van der Waals surface area contributed by atoms with Crippen molar-refractivity contribution in [1.82, 2.24) is 20.6 Å². The number of phenolic OH excluding ortho intramolecular Hbond substituents is 1. The molecule has 1 aromatic carbocycles. The average Bonchev–Trinajstić information content (AvgIpc) is 3.44. The maximum absolute atomic E-state index is 12.8. The van der Waals surface area contributed by atoms with Crippen LogP contribution in [0.1, 0.15) is 45.8 Å². The van der Waals surface area contributed by atoms with Crippen LogP contribution >= 0.6 is 0 Å². The molecule has 2 unspecified atom stereocenters. The molecule has 4 rings (SSSR count). The van der Waals surface area contributed by atoms with Gasteiger partial charge in [0.2, 0.25) is 0 Å². The summed E-state index contributed by atoms with van der Waals surface area (Å²) in [6.07, 6.45) is 7.68. The Bertz CT molecular complexity index is 972. The number of phenols is 1. The monoisotopic (exact) mass is 378 g/mol. The van der Waals surface area contributed by atoms with Gasteiger partial charge in [0.1, 0.15) is 11.4 Å². The molecule has 2 aliphatic rings. The molecule has 144 valence electrons. The molecule has 7 heteroatoms. The molecule has 2 aliphatic carbocycles. The van der Waals surface area contributed by atoms with Crippen molar-refractivity contribution in [1.29, 1.82) is 0 Å². The van der Waals surface area contributed by atoms with E-state index in [0.717, 1.165) is 12.8 Å². The van der Waals surface area contributed by atoms with Gasteiger partial charge in [0.25, 0.3) is 11.8 Å². The summed E-state index contributed by atoms with van der Waals surface area (Å²) in [7, 11) is 0. The minimum absolute atomic E-state index is 0.0426.